The minimum Gasteiger partial charge on any atom is -0.466 e. The zero-order chi connectivity index (χ0) is 55.7. The van der Waals surface area contributed by atoms with Crippen molar-refractivity contribution in [3.63, 3.8) is 0 Å². The number of esters is 1. The fraction of sp³-hybridized carbons (Fsp3) is 0.887. The second-order valence-electron chi connectivity index (χ2n) is 23.9. The highest BCUT2D eigenvalue weighted by Gasteiger charge is 2.20. The first-order valence-electron chi connectivity index (χ1n) is 34.7. The third-order valence-electron chi connectivity index (χ3n) is 16.1. The summed E-state index contributed by atoms with van der Waals surface area (Å²) in [5, 5.41) is 23.3. The molecule has 6 nitrogen and oxygen atoms in total. The smallest absolute Gasteiger partial charge is 0.305 e. The minimum atomic E-state index is -0.662. The summed E-state index contributed by atoms with van der Waals surface area (Å²) in [6.07, 6.45) is 84.8. The van der Waals surface area contributed by atoms with Gasteiger partial charge in [0.25, 0.3) is 0 Å². The topological polar surface area (TPSA) is 95.9 Å². The maximum Gasteiger partial charge on any atom is 0.305 e. The van der Waals surface area contributed by atoms with E-state index in [1.165, 1.54) is 295 Å². The molecule has 0 heterocycles. The molecular formula is C71H135NO5. The number of hydrogen-bond acceptors (Lipinski definition) is 5. The molecule has 0 aromatic carbocycles. The lowest BCUT2D eigenvalue weighted by atomic mass is 10.0. The molecule has 0 saturated carbocycles. The summed E-state index contributed by atoms with van der Waals surface area (Å²) in [6.45, 7) is 4.91. The van der Waals surface area contributed by atoms with E-state index in [0.717, 1.165) is 51.4 Å². The van der Waals surface area contributed by atoms with Crippen LogP contribution in [0, 0.1) is 0 Å². The monoisotopic (exact) mass is 1080 g/mol. The van der Waals surface area contributed by atoms with E-state index in [1.54, 1.807) is 0 Å². The normalized spacial score (nSPS) is 12.7. The highest BCUT2D eigenvalue weighted by atomic mass is 16.5. The summed E-state index contributed by atoms with van der Waals surface area (Å²) < 4.78 is 5.47. The van der Waals surface area contributed by atoms with Gasteiger partial charge in [-0.2, -0.15) is 0 Å². The van der Waals surface area contributed by atoms with Crippen molar-refractivity contribution in [3.05, 3.63) is 36.5 Å². The molecule has 0 aliphatic heterocycles. The van der Waals surface area contributed by atoms with Crippen molar-refractivity contribution in [2.45, 2.75) is 392 Å². The van der Waals surface area contributed by atoms with Crippen molar-refractivity contribution in [1.82, 2.24) is 5.32 Å². The third-order valence-corrected chi connectivity index (χ3v) is 16.1. The molecule has 3 N–H and O–H groups in total. The molecule has 0 radical (unpaired) electrons. The highest BCUT2D eigenvalue weighted by molar-refractivity contribution is 5.76. The number of aliphatic hydroxyl groups excluding tert-OH is 2. The van der Waals surface area contributed by atoms with Crippen molar-refractivity contribution in [2.24, 2.45) is 0 Å². The zero-order valence-corrected chi connectivity index (χ0v) is 52.0. The van der Waals surface area contributed by atoms with Crippen LogP contribution in [0.1, 0.15) is 380 Å². The Kier molecular flexibility index (Phi) is 64.9. The predicted octanol–water partition coefficient (Wildman–Crippen LogP) is 22.3. The van der Waals surface area contributed by atoms with Crippen LogP contribution in [-0.4, -0.2) is 47.4 Å². The van der Waals surface area contributed by atoms with E-state index in [0.29, 0.717) is 25.9 Å². The fourth-order valence-corrected chi connectivity index (χ4v) is 10.9. The lowest BCUT2D eigenvalue weighted by molar-refractivity contribution is -0.143. The number of ether oxygens (including phenoxy) is 1. The Morgan fingerprint density at radius 3 is 1.05 bits per heavy atom. The number of rotatable bonds is 65. The summed E-state index contributed by atoms with van der Waals surface area (Å²) in [6, 6.07) is -0.539. The van der Waals surface area contributed by atoms with Gasteiger partial charge in [0.05, 0.1) is 25.4 Å². The predicted molar refractivity (Wildman–Crippen MR) is 338 cm³/mol. The Balaban J connectivity index is 3.35. The standard InChI is InChI=1S/C71H135NO5/c1-3-5-7-9-11-13-15-17-36-40-43-47-51-55-59-63-69(74)68(67-73)72-70(75)64-60-56-52-48-44-41-37-34-32-30-28-26-24-22-20-18-19-21-23-25-27-29-31-33-35-38-42-46-50-54-58-62-66-77-71(76)65-61-57-53-49-45-39-16-14-12-10-8-6-4-2/h8,10,14,16,21,23,68-69,73-74H,3-7,9,11-13,15,17-20,22,24-67H2,1-2H3,(H,72,75)/b10-8-,16-14-,23-21-. The molecule has 0 aromatic rings. The molecule has 0 bridgehead atoms. The molecule has 2 atom stereocenters. The van der Waals surface area contributed by atoms with Crippen molar-refractivity contribution in [1.29, 1.82) is 0 Å². The number of carbonyl (C=O) groups excluding carboxylic acids is 2. The molecule has 2 unspecified atom stereocenters. The Morgan fingerprint density at radius 1 is 0.364 bits per heavy atom. The summed E-state index contributed by atoms with van der Waals surface area (Å²) in [4.78, 5) is 24.5. The maximum atomic E-state index is 12.5. The molecule has 0 aliphatic carbocycles. The van der Waals surface area contributed by atoms with E-state index in [1.807, 2.05) is 0 Å². The molecule has 0 rings (SSSR count). The van der Waals surface area contributed by atoms with E-state index in [4.69, 9.17) is 4.74 Å². The number of allylic oxidation sites excluding steroid dienone is 6. The van der Waals surface area contributed by atoms with Gasteiger partial charge < -0.3 is 20.3 Å². The van der Waals surface area contributed by atoms with Crippen LogP contribution < -0.4 is 5.32 Å². The van der Waals surface area contributed by atoms with Crippen LogP contribution in [0.15, 0.2) is 36.5 Å². The van der Waals surface area contributed by atoms with Crippen molar-refractivity contribution >= 4 is 11.9 Å². The molecule has 6 heteroatoms. The molecule has 454 valence electrons. The first kappa shape index (κ1) is 75.1. The van der Waals surface area contributed by atoms with Gasteiger partial charge >= 0.3 is 5.97 Å². The van der Waals surface area contributed by atoms with E-state index in [2.05, 4.69) is 55.6 Å². The van der Waals surface area contributed by atoms with Crippen LogP contribution in [0.5, 0.6) is 0 Å². The highest BCUT2D eigenvalue weighted by Crippen LogP contribution is 2.18. The van der Waals surface area contributed by atoms with Gasteiger partial charge in [0, 0.05) is 12.8 Å². The number of hydrogen-bond donors (Lipinski definition) is 3. The van der Waals surface area contributed by atoms with Gasteiger partial charge in [-0.05, 0) is 77.0 Å². The number of aliphatic hydroxyl groups is 2. The Morgan fingerprint density at radius 2 is 0.675 bits per heavy atom. The Hall–Kier alpha value is -1.92. The van der Waals surface area contributed by atoms with Crippen LogP contribution in [0.3, 0.4) is 0 Å². The van der Waals surface area contributed by atoms with Crippen molar-refractivity contribution < 1.29 is 24.5 Å². The van der Waals surface area contributed by atoms with Crippen LogP contribution in [-0.2, 0) is 14.3 Å². The molecule has 0 fully saturated rings. The number of nitrogens with one attached hydrogen (secondary N) is 1. The first-order chi connectivity index (χ1) is 38.0. The molecule has 0 aromatic heterocycles. The largest absolute Gasteiger partial charge is 0.466 e. The van der Waals surface area contributed by atoms with Gasteiger partial charge in [-0.15, -0.1) is 0 Å². The quantitative estimate of drug-likeness (QED) is 0.0320. The fourth-order valence-electron chi connectivity index (χ4n) is 10.9. The van der Waals surface area contributed by atoms with Gasteiger partial charge in [0.15, 0.2) is 0 Å². The van der Waals surface area contributed by atoms with E-state index < -0.39 is 12.1 Å². The van der Waals surface area contributed by atoms with E-state index >= 15 is 0 Å². The average molecular weight is 1080 g/mol. The maximum absolute atomic E-state index is 12.5. The summed E-state index contributed by atoms with van der Waals surface area (Å²) in [5.74, 6) is -0.0269. The van der Waals surface area contributed by atoms with Gasteiger partial charge in [-0.3, -0.25) is 9.59 Å². The molecule has 77 heavy (non-hydrogen) atoms. The molecular weight excluding hydrogens is 947 g/mol. The van der Waals surface area contributed by atoms with Crippen LogP contribution in [0.25, 0.3) is 0 Å². The average Bonchev–Trinajstić information content (AvgIpc) is 3.43. The molecule has 1 amide bonds. The number of carbonyl (C=O) groups is 2. The number of amides is 1. The Labute approximate surface area is 481 Å². The summed E-state index contributed by atoms with van der Waals surface area (Å²) >= 11 is 0. The van der Waals surface area contributed by atoms with Gasteiger partial charge in [-0.25, -0.2) is 0 Å². The lowest BCUT2D eigenvalue weighted by Crippen LogP contribution is -2.45. The first-order valence-corrected chi connectivity index (χ1v) is 34.7. The van der Waals surface area contributed by atoms with Crippen LogP contribution >= 0.6 is 0 Å². The second kappa shape index (κ2) is 66.6. The van der Waals surface area contributed by atoms with Gasteiger partial charge in [0.2, 0.25) is 5.91 Å². The zero-order valence-electron chi connectivity index (χ0n) is 52.0. The molecule has 0 saturated heterocycles. The van der Waals surface area contributed by atoms with Crippen LogP contribution in [0.4, 0.5) is 0 Å². The second-order valence-corrected chi connectivity index (χ2v) is 23.9. The third kappa shape index (κ3) is 63.1. The van der Waals surface area contributed by atoms with E-state index in [-0.39, 0.29) is 18.5 Å². The van der Waals surface area contributed by atoms with Crippen molar-refractivity contribution in [2.75, 3.05) is 13.2 Å². The minimum absolute atomic E-state index is 0.00299. The van der Waals surface area contributed by atoms with Crippen LogP contribution in [0.2, 0.25) is 0 Å². The van der Waals surface area contributed by atoms with Crippen molar-refractivity contribution in [3.8, 4) is 0 Å². The molecule has 0 aliphatic rings. The molecule has 0 spiro atoms. The van der Waals surface area contributed by atoms with E-state index in [9.17, 15) is 19.8 Å². The Bertz CT molecular complexity index is 1250. The summed E-state index contributed by atoms with van der Waals surface area (Å²) in [7, 11) is 0. The number of unbranched alkanes of at least 4 members (excludes halogenated alkanes) is 48. The lowest BCUT2D eigenvalue weighted by Gasteiger charge is -2.22. The van der Waals surface area contributed by atoms with Gasteiger partial charge in [-0.1, -0.05) is 326 Å². The summed E-state index contributed by atoms with van der Waals surface area (Å²) in [5.41, 5.74) is 0. The SMILES string of the molecule is CCC/C=C\C/C=C\CCCCCCCC(=O)OCCCCCCCCCCCCCC/C=C\CCCCCCCCCCCCCCCCCCC(=O)NC(CO)C(O)CCCCCCCCCCCCCCCCC. The van der Waals surface area contributed by atoms with Gasteiger partial charge in [0.1, 0.15) is 0 Å².